The van der Waals surface area contributed by atoms with Gasteiger partial charge in [-0.1, -0.05) is 24.3 Å². The van der Waals surface area contributed by atoms with Crippen molar-refractivity contribution in [3.8, 4) is 0 Å². The number of aromatic nitrogens is 3. The van der Waals surface area contributed by atoms with Crippen LogP contribution in [0.3, 0.4) is 0 Å². The van der Waals surface area contributed by atoms with Gasteiger partial charge in [-0.05, 0) is 29.8 Å². The minimum atomic E-state index is -0.347. The number of para-hydroxylation sites is 1. The normalized spacial score (nSPS) is 10.3. The van der Waals surface area contributed by atoms with Gasteiger partial charge < -0.3 is 4.90 Å². The maximum Gasteiger partial charge on any atom is 0.279 e. The topological polar surface area (TPSA) is 79.0 Å². The number of carbonyl (C=O) groups is 1. The third-order valence-corrected chi connectivity index (χ3v) is 3.27. The zero-order valence-corrected chi connectivity index (χ0v) is 12.2. The summed E-state index contributed by atoms with van der Waals surface area (Å²) in [5.74, 6) is -0.295. The van der Waals surface area contributed by atoms with Gasteiger partial charge in [-0.25, -0.2) is 5.10 Å². The highest BCUT2D eigenvalue weighted by molar-refractivity contribution is 6.04. The summed E-state index contributed by atoms with van der Waals surface area (Å²) in [7, 11) is 0. The molecule has 0 bridgehead atoms. The second-order valence-corrected chi connectivity index (χ2v) is 4.89. The molecule has 6 heteroatoms. The molecular formula is C17H14N4O2. The lowest BCUT2D eigenvalue weighted by Gasteiger charge is -2.22. The molecule has 1 amide bonds. The maximum atomic E-state index is 12.8. The molecule has 0 saturated heterocycles. The summed E-state index contributed by atoms with van der Waals surface area (Å²) in [6.07, 6.45) is 3.39. The van der Waals surface area contributed by atoms with Crippen molar-refractivity contribution in [3.63, 3.8) is 0 Å². The molecule has 3 rings (SSSR count). The van der Waals surface area contributed by atoms with Gasteiger partial charge in [0.15, 0.2) is 0 Å². The van der Waals surface area contributed by atoms with Gasteiger partial charge in [0, 0.05) is 24.1 Å². The molecule has 6 nitrogen and oxygen atoms in total. The van der Waals surface area contributed by atoms with Crippen LogP contribution in [0.15, 0.2) is 71.8 Å². The molecule has 2 heterocycles. The van der Waals surface area contributed by atoms with E-state index in [1.165, 1.54) is 12.1 Å². The number of rotatable bonds is 4. The number of anilines is 1. The standard InChI is InChI=1S/C17H14N4O2/c22-16-9-8-15(19-20-16)17(23)21(14-6-2-1-3-7-14)12-13-5-4-10-18-11-13/h1-11H,12H2,(H,20,22). The van der Waals surface area contributed by atoms with Gasteiger partial charge in [-0.3, -0.25) is 14.6 Å². The van der Waals surface area contributed by atoms with E-state index < -0.39 is 0 Å². The van der Waals surface area contributed by atoms with Crippen LogP contribution in [-0.4, -0.2) is 21.1 Å². The summed E-state index contributed by atoms with van der Waals surface area (Å²) in [6, 6.07) is 15.7. The van der Waals surface area contributed by atoms with Crippen LogP contribution >= 0.6 is 0 Å². The summed E-state index contributed by atoms with van der Waals surface area (Å²) in [6.45, 7) is 0.359. The van der Waals surface area contributed by atoms with Crippen LogP contribution in [0.1, 0.15) is 16.1 Å². The van der Waals surface area contributed by atoms with Gasteiger partial charge in [0.2, 0.25) is 0 Å². The lowest BCUT2D eigenvalue weighted by molar-refractivity contribution is 0.0979. The Bertz CT molecular complexity index is 827. The Balaban J connectivity index is 1.96. The van der Waals surface area contributed by atoms with Gasteiger partial charge in [0.1, 0.15) is 5.69 Å². The van der Waals surface area contributed by atoms with E-state index in [1.54, 1.807) is 17.3 Å². The van der Waals surface area contributed by atoms with E-state index in [2.05, 4.69) is 15.2 Å². The van der Waals surface area contributed by atoms with Crippen molar-refractivity contribution in [2.75, 3.05) is 4.90 Å². The van der Waals surface area contributed by atoms with Gasteiger partial charge >= 0.3 is 0 Å². The first-order valence-corrected chi connectivity index (χ1v) is 7.05. The van der Waals surface area contributed by atoms with Gasteiger partial charge in [-0.2, -0.15) is 5.10 Å². The molecule has 3 aromatic rings. The smallest absolute Gasteiger partial charge is 0.279 e. The molecule has 0 spiro atoms. The van der Waals surface area contributed by atoms with Crippen molar-refractivity contribution in [1.82, 2.24) is 15.2 Å². The highest BCUT2D eigenvalue weighted by Gasteiger charge is 2.19. The van der Waals surface area contributed by atoms with E-state index >= 15 is 0 Å². The first-order valence-electron chi connectivity index (χ1n) is 7.05. The Morgan fingerprint density at radius 3 is 2.52 bits per heavy atom. The molecular weight excluding hydrogens is 292 g/mol. The third kappa shape index (κ3) is 3.49. The first kappa shape index (κ1) is 14.6. The quantitative estimate of drug-likeness (QED) is 0.799. The van der Waals surface area contributed by atoms with Crippen LogP contribution in [0.4, 0.5) is 5.69 Å². The van der Waals surface area contributed by atoms with Crippen LogP contribution in [0.5, 0.6) is 0 Å². The van der Waals surface area contributed by atoms with Crippen LogP contribution in [0.25, 0.3) is 0 Å². The highest BCUT2D eigenvalue weighted by Crippen LogP contribution is 2.18. The van der Waals surface area contributed by atoms with Crippen molar-refractivity contribution >= 4 is 11.6 Å². The predicted molar refractivity (Wildman–Crippen MR) is 86.1 cm³/mol. The average molecular weight is 306 g/mol. The number of hydrogen-bond acceptors (Lipinski definition) is 4. The summed E-state index contributed by atoms with van der Waals surface area (Å²) in [5, 5.41) is 6.11. The van der Waals surface area contributed by atoms with Gasteiger partial charge in [-0.15, -0.1) is 0 Å². The number of amides is 1. The molecule has 0 aliphatic rings. The highest BCUT2D eigenvalue weighted by atomic mass is 16.2. The van der Waals surface area contributed by atoms with Crippen molar-refractivity contribution in [2.24, 2.45) is 0 Å². The Morgan fingerprint density at radius 2 is 1.87 bits per heavy atom. The third-order valence-electron chi connectivity index (χ3n) is 3.27. The molecule has 0 fully saturated rings. The molecule has 114 valence electrons. The fourth-order valence-electron chi connectivity index (χ4n) is 2.16. The van der Waals surface area contributed by atoms with Crippen molar-refractivity contribution in [1.29, 1.82) is 0 Å². The van der Waals surface area contributed by atoms with E-state index in [0.29, 0.717) is 6.54 Å². The zero-order chi connectivity index (χ0) is 16.1. The van der Waals surface area contributed by atoms with Crippen LogP contribution < -0.4 is 10.5 Å². The molecule has 23 heavy (non-hydrogen) atoms. The minimum Gasteiger partial charge on any atom is -0.302 e. The van der Waals surface area contributed by atoms with E-state index in [-0.39, 0.29) is 17.2 Å². The Labute approximate surface area is 132 Å². The largest absolute Gasteiger partial charge is 0.302 e. The molecule has 0 saturated carbocycles. The number of hydrogen-bond donors (Lipinski definition) is 1. The lowest BCUT2D eigenvalue weighted by Crippen LogP contribution is -2.31. The fraction of sp³-hybridized carbons (Fsp3) is 0.0588. The molecule has 0 radical (unpaired) electrons. The summed E-state index contributed by atoms with van der Waals surface area (Å²) in [4.78, 5) is 29.6. The summed E-state index contributed by atoms with van der Waals surface area (Å²) < 4.78 is 0. The molecule has 0 aliphatic carbocycles. The van der Waals surface area contributed by atoms with Crippen molar-refractivity contribution < 1.29 is 4.79 Å². The molecule has 0 aliphatic heterocycles. The lowest BCUT2D eigenvalue weighted by atomic mass is 10.2. The first-order chi connectivity index (χ1) is 11.2. The number of nitrogens with zero attached hydrogens (tertiary/aromatic N) is 3. The van der Waals surface area contributed by atoms with Gasteiger partial charge in [0.25, 0.3) is 11.5 Å². The van der Waals surface area contributed by atoms with Crippen LogP contribution in [0, 0.1) is 0 Å². The Morgan fingerprint density at radius 1 is 1.04 bits per heavy atom. The van der Waals surface area contributed by atoms with E-state index in [4.69, 9.17) is 0 Å². The SMILES string of the molecule is O=C(c1ccc(=O)[nH]n1)N(Cc1cccnc1)c1ccccc1. The summed E-state index contributed by atoms with van der Waals surface area (Å²) in [5.41, 5.74) is 1.47. The number of pyridine rings is 1. The molecule has 0 unspecified atom stereocenters. The van der Waals surface area contributed by atoms with Crippen molar-refractivity contribution in [3.05, 3.63) is 88.6 Å². The van der Waals surface area contributed by atoms with Gasteiger partial charge in [0.05, 0.1) is 6.54 Å². The summed E-state index contributed by atoms with van der Waals surface area (Å²) >= 11 is 0. The number of nitrogens with one attached hydrogen (secondary N) is 1. The predicted octanol–water partition coefficient (Wildman–Crippen LogP) is 2.01. The Kier molecular flexibility index (Phi) is 4.24. The molecule has 1 aromatic carbocycles. The monoisotopic (exact) mass is 306 g/mol. The van der Waals surface area contributed by atoms with Crippen molar-refractivity contribution in [2.45, 2.75) is 6.54 Å². The maximum absolute atomic E-state index is 12.8. The van der Waals surface area contributed by atoms with E-state index in [0.717, 1.165) is 11.3 Å². The fourth-order valence-corrected chi connectivity index (χ4v) is 2.16. The zero-order valence-electron chi connectivity index (χ0n) is 12.2. The van der Waals surface area contributed by atoms with E-state index in [1.807, 2.05) is 42.5 Å². The second-order valence-electron chi connectivity index (χ2n) is 4.89. The molecule has 2 aromatic heterocycles. The minimum absolute atomic E-state index is 0.178. The number of H-pyrrole nitrogens is 1. The second kappa shape index (κ2) is 6.65. The van der Waals surface area contributed by atoms with Crippen LogP contribution in [0.2, 0.25) is 0 Å². The Hall–Kier alpha value is -3.28. The van der Waals surface area contributed by atoms with E-state index in [9.17, 15) is 9.59 Å². The molecule has 0 atom stereocenters. The number of aromatic amines is 1. The van der Waals surface area contributed by atoms with Crippen LogP contribution in [-0.2, 0) is 6.54 Å². The average Bonchev–Trinajstić information content (AvgIpc) is 2.61. The number of benzene rings is 1. The number of carbonyl (C=O) groups excluding carboxylic acids is 1. The molecule has 1 N–H and O–H groups in total.